The average Bonchev–Trinajstić information content (AvgIpc) is 3.32. The summed E-state index contributed by atoms with van der Waals surface area (Å²) in [5, 5.41) is 13.4. The minimum absolute atomic E-state index is 0.0874. The smallest absolute Gasteiger partial charge is 0.317 e. The Morgan fingerprint density at radius 2 is 1.72 bits per heavy atom. The number of carbonyl (C=O) groups excluding carboxylic acids is 1. The molecule has 32 heavy (non-hydrogen) atoms. The van der Waals surface area contributed by atoms with Gasteiger partial charge in [0.15, 0.2) is 0 Å². The lowest BCUT2D eigenvalue weighted by molar-refractivity contribution is -0.0591. The van der Waals surface area contributed by atoms with Gasteiger partial charge in [0, 0.05) is 55.1 Å². The van der Waals surface area contributed by atoms with E-state index in [1.165, 1.54) is 24.7 Å². The molecule has 3 heterocycles. The molecule has 0 bridgehead atoms. The molecule has 0 spiro atoms. The molecular weight excluding hydrogens is 402 g/mol. The van der Waals surface area contributed by atoms with Crippen molar-refractivity contribution in [2.24, 2.45) is 0 Å². The second kappa shape index (κ2) is 9.55. The first-order chi connectivity index (χ1) is 15.7. The number of fused-ring (bicyclic) bond motifs is 1. The molecule has 1 saturated carbocycles. The summed E-state index contributed by atoms with van der Waals surface area (Å²) >= 11 is 0. The van der Waals surface area contributed by atoms with Crippen LogP contribution in [0.4, 0.5) is 4.79 Å². The highest BCUT2D eigenvalue weighted by molar-refractivity contribution is 5.74. The zero-order chi connectivity index (χ0) is 21.9. The number of benzene rings is 1. The number of aliphatic hydroxyl groups is 1. The highest BCUT2D eigenvalue weighted by atomic mass is 16.3. The molecule has 2 aliphatic heterocycles. The van der Waals surface area contributed by atoms with Gasteiger partial charge in [-0.15, -0.1) is 0 Å². The molecule has 7 heteroatoms. The van der Waals surface area contributed by atoms with Crippen LogP contribution < -0.4 is 5.32 Å². The van der Waals surface area contributed by atoms with Crippen LogP contribution >= 0.6 is 0 Å². The number of nitrogens with zero attached hydrogens (tertiary/aromatic N) is 4. The number of nitrogens with one attached hydrogen (secondary N) is 1. The number of aliphatic hydroxyl groups excluding tert-OH is 1. The molecule has 0 unspecified atom stereocenters. The largest absolute Gasteiger partial charge is 0.395 e. The summed E-state index contributed by atoms with van der Waals surface area (Å²) in [5.41, 5.74) is 3.30. The van der Waals surface area contributed by atoms with Gasteiger partial charge in [0.25, 0.3) is 0 Å². The van der Waals surface area contributed by atoms with Gasteiger partial charge in [0.05, 0.1) is 6.61 Å². The third-order valence-corrected chi connectivity index (χ3v) is 7.53. The van der Waals surface area contributed by atoms with Crippen LogP contribution in [-0.2, 0) is 0 Å². The maximum absolute atomic E-state index is 13.0. The second-order valence-corrected chi connectivity index (χ2v) is 9.41. The summed E-state index contributed by atoms with van der Waals surface area (Å²) < 4.78 is 0. The van der Waals surface area contributed by atoms with Gasteiger partial charge in [-0.3, -0.25) is 4.90 Å². The van der Waals surface area contributed by atoms with Crippen LogP contribution in [0.1, 0.15) is 50.0 Å². The number of rotatable bonds is 4. The Balaban J connectivity index is 1.33. The van der Waals surface area contributed by atoms with Gasteiger partial charge in [0.1, 0.15) is 6.33 Å². The van der Waals surface area contributed by atoms with Gasteiger partial charge in [-0.05, 0) is 43.4 Å². The molecule has 2 aromatic rings. The fourth-order valence-electron chi connectivity index (χ4n) is 5.81. The van der Waals surface area contributed by atoms with Gasteiger partial charge in [-0.25, -0.2) is 14.8 Å². The fourth-order valence-corrected chi connectivity index (χ4v) is 5.81. The normalized spacial score (nSPS) is 26.7. The lowest BCUT2D eigenvalue weighted by Crippen LogP contribution is -2.68. The Kier molecular flexibility index (Phi) is 6.37. The number of amides is 2. The van der Waals surface area contributed by atoms with Crippen molar-refractivity contribution in [3.8, 4) is 11.1 Å². The van der Waals surface area contributed by atoms with Crippen molar-refractivity contribution >= 4 is 6.03 Å². The average molecular weight is 436 g/mol. The first-order valence-electron chi connectivity index (χ1n) is 12.0. The van der Waals surface area contributed by atoms with Crippen LogP contribution in [0.25, 0.3) is 11.1 Å². The predicted octanol–water partition coefficient (Wildman–Crippen LogP) is 3.02. The van der Waals surface area contributed by atoms with Gasteiger partial charge < -0.3 is 15.3 Å². The molecule has 170 valence electrons. The molecule has 7 nitrogen and oxygen atoms in total. The summed E-state index contributed by atoms with van der Waals surface area (Å²) in [6.07, 6.45) is 11.9. The molecule has 1 aliphatic carbocycles. The highest BCUT2D eigenvalue weighted by Gasteiger charge is 2.49. The highest BCUT2D eigenvalue weighted by Crippen LogP contribution is 2.42. The van der Waals surface area contributed by atoms with Crippen molar-refractivity contribution in [3.63, 3.8) is 0 Å². The molecular formula is C25H33N5O2. The molecule has 3 atom stereocenters. The predicted molar refractivity (Wildman–Crippen MR) is 123 cm³/mol. The van der Waals surface area contributed by atoms with E-state index in [1.54, 1.807) is 0 Å². The van der Waals surface area contributed by atoms with Crippen molar-refractivity contribution in [2.75, 3.05) is 26.2 Å². The van der Waals surface area contributed by atoms with Gasteiger partial charge in [-0.2, -0.15) is 0 Å². The lowest BCUT2D eigenvalue weighted by atomic mass is 9.74. The zero-order valence-corrected chi connectivity index (χ0v) is 18.6. The van der Waals surface area contributed by atoms with Gasteiger partial charge in [-0.1, -0.05) is 37.1 Å². The maximum atomic E-state index is 13.0. The third-order valence-electron chi connectivity index (χ3n) is 7.53. The van der Waals surface area contributed by atoms with E-state index in [9.17, 15) is 9.90 Å². The van der Waals surface area contributed by atoms with E-state index < -0.39 is 0 Å². The van der Waals surface area contributed by atoms with E-state index in [4.69, 9.17) is 0 Å². The zero-order valence-electron chi connectivity index (χ0n) is 18.6. The van der Waals surface area contributed by atoms with E-state index >= 15 is 0 Å². The minimum atomic E-state index is 0.0874. The SMILES string of the molecule is O=C(NC1CCCC1)N1CCCCN2[C@@H](CO)[C@@H](c3ccc(-c4cncnc4)cc3)[C@@H]2C1. The molecule has 3 fully saturated rings. The summed E-state index contributed by atoms with van der Waals surface area (Å²) in [6, 6.07) is 9.32. The van der Waals surface area contributed by atoms with Gasteiger partial charge >= 0.3 is 6.03 Å². The van der Waals surface area contributed by atoms with Gasteiger partial charge in [0.2, 0.25) is 0 Å². The van der Waals surface area contributed by atoms with Crippen molar-refractivity contribution in [3.05, 3.63) is 48.5 Å². The number of aromatic nitrogens is 2. The summed E-state index contributed by atoms with van der Waals surface area (Å²) in [7, 11) is 0. The molecule has 5 rings (SSSR count). The van der Waals surface area contributed by atoms with E-state index in [2.05, 4.69) is 44.5 Å². The van der Waals surface area contributed by atoms with E-state index in [-0.39, 0.29) is 30.6 Å². The van der Waals surface area contributed by atoms with E-state index in [0.29, 0.717) is 12.6 Å². The molecule has 2 saturated heterocycles. The van der Waals surface area contributed by atoms with Crippen molar-refractivity contribution in [1.29, 1.82) is 0 Å². The Labute approximate surface area is 189 Å². The number of urea groups is 1. The van der Waals surface area contributed by atoms with Crippen LogP contribution in [0, 0.1) is 0 Å². The van der Waals surface area contributed by atoms with Crippen LogP contribution in [0.15, 0.2) is 43.0 Å². The Morgan fingerprint density at radius 3 is 2.44 bits per heavy atom. The van der Waals surface area contributed by atoms with E-state index in [0.717, 1.165) is 49.9 Å². The molecule has 1 aromatic heterocycles. The van der Waals surface area contributed by atoms with Crippen molar-refractivity contribution in [2.45, 2.75) is 62.6 Å². The first kappa shape index (κ1) is 21.3. The van der Waals surface area contributed by atoms with Crippen LogP contribution in [0.2, 0.25) is 0 Å². The summed E-state index contributed by atoms with van der Waals surface area (Å²) in [5.74, 6) is 0.223. The van der Waals surface area contributed by atoms with Crippen LogP contribution in [0.3, 0.4) is 0 Å². The first-order valence-corrected chi connectivity index (χ1v) is 12.0. The molecule has 2 N–H and O–H groups in total. The minimum Gasteiger partial charge on any atom is -0.395 e. The Morgan fingerprint density at radius 1 is 1.00 bits per heavy atom. The molecule has 3 aliphatic rings. The van der Waals surface area contributed by atoms with Crippen LogP contribution in [-0.4, -0.2) is 75.3 Å². The van der Waals surface area contributed by atoms with Crippen molar-refractivity contribution < 1.29 is 9.90 Å². The third kappa shape index (κ3) is 4.24. The Hall–Kier alpha value is -2.51. The summed E-state index contributed by atoms with van der Waals surface area (Å²) in [6.45, 7) is 2.66. The Bertz CT molecular complexity index is 900. The molecule has 2 amide bonds. The topological polar surface area (TPSA) is 81.6 Å². The second-order valence-electron chi connectivity index (χ2n) is 9.41. The summed E-state index contributed by atoms with van der Waals surface area (Å²) in [4.78, 5) is 25.7. The maximum Gasteiger partial charge on any atom is 0.317 e. The molecule has 0 radical (unpaired) electrons. The lowest BCUT2D eigenvalue weighted by Gasteiger charge is -2.57. The number of hydrogen-bond donors (Lipinski definition) is 2. The quantitative estimate of drug-likeness (QED) is 0.772. The number of carbonyl (C=O) groups is 1. The monoisotopic (exact) mass is 435 g/mol. The molecule has 1 aromatic carbocycles. The standard InChI is InChI=1S/C25H33N5O2/c31-16-23-24(19-9-7-18(8-10-19)20-13-26-17-27-14-20)22-15-29(11-3-4-12-30(22)23)25(32)28-21-5-1-2-6-21/h7-10,13-14,17,21-24,31H,1-6,11-12,15-16H2,(H,28,32)/t22-,23-,24-/m0/s1. The van der Waals surface area contributed by atoms with E-state index in [1.807, 2.05) is 17.3 Å². The van der Waals surface area contributed by atoms with Crippen LogP contribution in [0.5, 0.6) is 0 Å². The number of hydrogen-bond acceptors (Lipinski definition) is 5. The van der Waals surface area contributed by atoms with Crippen molar-refractivity contribution in [1.82, 2.24) is 25.1 Å². The fraction of sp³-hybridized carbons (Fsp3) is 0.560.